The molecule has 0 amide bonds. The molecule has 3 aromatic rings. The summed E-state index contributed by atoms with van der Waals surface area (Å²) in [5.41, 5.74) is 1.19. The van der Waals surface area contributed by atoms with Gasteiger partial charge in [-0.05, 0) is 23.6 Å². The molecular formula is C13H9ClN+. The fourth-order valence-electron chi connectivity index (χ4n) is 1.81. The quantitative estimate of drug-likeness (QED) is 0.400. The number of rotatable bonds is 0. The molecule has 0 spiro atoms. The summed E-state index contributed by atoms with van der Waals surface area (Å²) in [6.45, 7) is 0. The molecule has 2 aromatic heterocycles. The highest BCUT2D eigenvalue weighted by molar-refractivity contribution is 6.31. The molecule has 1 aromatic carbocycles. The summed E-state index contributed by atoms with van der Waals surface area (Å²) in [5, 5.41) is 3.15. The number of halogens is 1. The Morgan fingerprint density at radius 1 is 0.933 bits per heavy atom. The lowest BCUT2D eigenvalue weighted by Crippen LogP contribution is -2.19. The molecule has 0 fully saturated rings. The first-order valence-corrected chi connectivity index (χ1v) is 5.20. The number of pyridine rings is 2. The van der Waals surface area contributed by atoms with Crippen LogP contribution < -0.4 is 4.40 Å². The van der Waals surface area contributed by atoms with Crippen LogP contribution >= 0.6 is 11.6 Å². The fraction of sp³-hybridized carbons (Fsp3) is 0. The minimum absolute atomic E-state index is 0.776. The first-order chi connectivity index (χ1) is 7.33. The standard InChI is InChI=1S/C13H9ClN/c14-12-5-4-10-8-13-3-1-2-6-15(13)9-11(10)7-12/h1-9H/q+1. The highest BCUT2D eigenvalue weighted by atomic mass is 35.5. The first-order valence-electron chi connectivity index (χ1n) is 4.82. The Labute approximate surface area is 92.5 Å². The molecule has 0 aliphatic rings. The van der Waals surface area contributed by atoms with Crippen LogP contribution in [0.4, 0.5) is 0 Å². The summed E-state index contributed by atoms with van der Waals surface area (Å²) < 4.78 is 2.10. The smallest absolute Gasteiger partial charge is 0.167 e. The van der Waals surface area contributed by atoms with Crippen molar-refractivity contribution in [3.8, 4) is 0 Å². The average Bonchev–Trinajstić information content (AvgIpc) is 2.26. The van der Waals surface area contributed by atoms with Crippen molar-refractivity contribution >= 4 is 27.9 Å². The molecule has 0 aliphatic heterocycles. The van der Waals surface area contributed by atoms with E-state index in [4.69, 9.17) is 11.6 Å². The zero-order valence-electron chi connectivity index (χ0n) is 8.02. The van der Waals surface area contributed by atoms with E-state index < -0.39 is 0 Å². The lowest BCUT2D eigenvalue weighted by Gasteiger charge is -1.97. The Morgan fingerprint density at radius 3 is 2.80 bits per heavy atom. The molecule has 2 heteroatoms. The van der Waals surface area contributed by atoms with Crippen molar-refractivity contribution in [3.05, 3.63) is 59.9 Å². The van der Waals surface area contributed by atoms with Crippen LogP contribution in [-0.2, 0) is 0 Å². The third-order valence-electron chi connectivity index (χ3n) is 2.55. The van der Waals surface area contributed by atoms with E-state index in [9.17, 15) is 0 Å². The van der Waals surface area contributed by atoms with Crippen molar-refractivity contribution in [2.24, 2.45) is 0 Å². The van der Waals surface area contributed by atoms with Crippen molar-refractivity contribution in [1.29, 1.82) is 0 Å². The van der Waals surface area contributed by atoms with Crippen molar-refractivity contribution in [1.82, 2.24) is 0 Å². The van der Waals surface area contributed by atoms with Gasteiger partial charge in [0, 0.05) is 28.6 Å². The zero-order chi connectivity index (χ0) is 10.3. The van der Waals surface area contributed by atoms with Crippen LogP contribution in [0.2, 0.25) is 5.02 Å². The molecule has 0 saturated carbocycles. The number of fused-ring (bicyclic) bond motifs is 2. The third-order valence-corrected chi connectivity index (χ3v) is 2.79. The number of nitrogens with zero attached hydrogens (tertiary/aromatic N) is 1. The second-order valence-corrected chi connectivity index (χ2v) is 4.02. The van der Waals surface area contributed by atoms with Crippen LogP contribution in [0.3, 0.4) is 0 Å². The minimum Gasteiger partial charge on any atom is -0.167 e. The van der Waals surface area contributed by atoms with Gasteiger partial charge in [-0.25, -0.2) is 0 Å². The van der Waals surface area contributed by atoms with Gasteiger partial charge in [0.1, 0.15) is 0 Å². The van der Waals surface area contributed by atoms with Crippen molar-refractivity contribution in [2.45, 2.75) is 0 Å². The number of benzene rings is 1. The van der Waals surface area contributed by atoms with Crippen LogP contribution in [0.25, 0.3) is 16.3 Å². The molecule has 0 bridgehead atoms. The van der Waals surface area contributed by atoms with Gasteiger partial charge in [0.15, 0.2) is 12.4 Å². The summed E-state index contributed by atoms with van der Waals surface area (Å²) in [7, 11) is 0. The summed E-state index contributed by atoms with van der Waals surface area (Å²) in [6, 6.07) is 14.3. The predicted octanol–water partition coefficient (Wildman–Crippen LogP) is 3.23. The van der Waals surface area contributed by atoms with Gasteiger partial charge in [-0.15, -0.1) is 0 Å². The molecule has 0 unspecified atom stereocenters. The van der Waals surface area contributed by atoms with E-state index >= 15 is 0 Å². The van der Waals surface area contributed by atoms with Crippen LogP contribution in [0.15, 0.2) is 54.9 Å². The van der Waals surface area contributed by atoms with Crippen molar-refractivity contribution < 1.29 is 4.40 Å². The van der Waals surface area contributed by atoms with Crippen LogP contribution in [-0.4, -0.2) is 0 Å². The lowest BCUT2D eigenvalue weighted by molar-refractivity contribution is -0.510. The van der Waals surface area contributed by atoms with Gasteiger partial charge in [0.2, 0.25) is 5.52 Å². The molecule has 0 aliphatic carbocycles. The average molecular weight is 215 g/mol. The van der Waals surface area contributed by atoms with Gasteiger partial charge in [-0.3, -0.25) is 0 Å². The molecule has 1 nitrogen and oxygen atoms in total. The molecular weight excluding hydrogens is 206 g/mol. The maximum absolute atomic E-state index is 5.96. The van der Waals surface area contributed by atoms with Gasteiger partial charge < -0.3 is 0 Å². The Hall–Kier alpha value is -1.60. The summed E-state index contributed by atoms with van der Waals surface area (Å²) in [6.07, 6.45) is 4.13. The van der Waals surface area contributed by atoms with Gasteiger partial charge in [-0.1, -0.05) is 17.7 Å². The van der Waals surface area contributed by atoms with Crippen LogP contribution in [0, 0.1) is 0 Å². The van der Waals surface area contributed by atoms with Crippen molar-refractivity contribution in [3.63, 3.8) is 0 Å². The molecule has 2 heterocycles. The SMILES string of the molecule is Clc1ccc2cc3cccc[n+]3cc2c1. The van der Waals surface area contributed by atoms with Crippen molar-refractivity contribution in [2.75, 3.05) is 0 Å². The van der Waals surface area contributed by atoms with E-state index in [1.165, 1.54) is 10.9 Å². The Morgan fingerprint density at radius 2 is 1.87 bits per heavy atom. The monoisotopic (exact) mass is 214 g/mol. The number of hydrogen-bond acceptors (Lipinski definition) is 0. The molecule has 15 heavy (non-hydrogen) atoms. The molecule has 0 N–H and O–H groups in total. The highest BCUT2D eigenvalue weighted by Crippen LogP contribution is 2.18. The summed E-state index contributed by atoms with van der Waals surface area (Å²) in [4.78, 5) is 0. The second kappa shape index (κ2) is 3.21. The lowest BCUT2D eigenvalue weighted by atomic mass is 10.1. The second-order valence-electron chi connectivity index (χ2n) is 3.58. The highest BCUT2D eigenvalue weighted by Gasteiger charge is 2.03. The summed E-state index contributed by atoms with van der Waals surface area (Å²) in [5.74, 6) is 0. The Kier molecular flexibility index (Phi) is 1.86. The van der Waals surface area contributed by atoms with Gasteiger partial charge in [-0.2, -0.15) is 4.40 Å². The Balaban J connectivity index is 2.47. The largest absolute Gasteiger partial charge is 0.211 e. The fourth-order valence-corrected chi connectivity index (χ4v) is 1.99. The topological polar surface area (TPSA) is 4.10 Å². The molecule has 0 radical (unpaired) electrons. The van der Waals surface area contributed by atoms with E-state index in [1.807, 2.05) is 36.5 Å². The zero-order valence-corrected chi connectivity index (χ0v) is 8.78. The molecule has 3 rings (SSSR count). The maximum Gasteiger partial charge on any atom is 0.211 e. The number of hydrogen-bond donors (Lipinski definition) is 0. The van der Waals surface area contributed by atoms with Crippen LogP contribution in [0.1, 0.15) is 0 Å². The minimum atomic E-state index is 0.776. The van der Waals surface area contributed by atoms with E-state index in [-0.39, 0.29) is 0 Å². The van der Waals surface area contributed by atoms with E-state index in [0.29, 0.717) is 0 Å². The Bertz CT molecular complexity index is 646. The van der Waals surface area contributed by atoms with E-state index in [1.54, 1.807) is 0 Å². The molecule has 0 saturated heterocycles. The van der Waals surface area contributed by atoms with E-state index in [0.717, 1.165) is 10.4 Å². The summed E-state index contributed by atoms with van der Waals surface area (Å²) >= 11 is 5.96. The number of aromatic nitrogens is 1. The van der Waals surface area contributed by atoms with Gasteiger partial charge in [0.25, 0.3) is 0 Å². The first kappa shape index (κ1) is 8.69. The van der Waals surface area contributed by atoms with Gasteiger partial charge in [0.05, 0.1) is 0 Å². The molecule has 0 atom stereocenters. The molecule has 72 valence electrons. The maximum atomic E-state index is 5.96. The van der Waals surface area contributed by atoms with Crippen LogP contribution in [0.5, 0.6) is 0 Å². The van der Waals surface area contributed by atoms with E-state index in [2.05, 4.69) is 22.7 Å². The van der Waals surface area contributed by atoms with Gasteiger partial charge >= 0.3 is 0 Å². The predicted molar refractivity (Wildman–Crippen MR) is 62.1 cm³/mol. The third kappa shape index (κ3) is 1.45. The normalized spacial score (nSPS) is 11.0.